The van der Waals surface area contributed by atoms with Gasteiger partial charge >= 0.3 is 6.01 Å². The van der Waals surface area contributed by atoms with E-state index in [9.17, 15) is 5.11 Å². The standard InChI is InChI=1S/C23H28N4O5/c1-15(2)12-30-13-19(28)11-24-17-5-7-18(8-6-17)27-22(25-23(26-27)29-3)16-4-9-20-21(10-16)32-14-31-20/h4-10,15,19,24,28H,11-14H2,1-3H3. The van der Waals surface area contributed by atoms with Crippen LogP contribution < -0.4 is 19.5 Å². The summed E-state index contributed by atoms with van der Waals surface area (Å²) >= 11 is 0. The van der Waals surface area contributed by atoms with Crippen LogP contribution in [0.15, 0.2) is 42.5 Å². The molecule has 2 aromatic carbocycles. The Labute approximate surface area is 186 Å². The summed E-state index contributed by atoms with van der Waals surface area (Å²) < 4.78 is 23.3. The highest BCUT2D eigenvalue weighted by atomic mass is 16.7. The monoisotopic (exact) mass is 440 g/mol. The van der Waals surface area contributed by atoms with Crippen LogP contribution in [0.2, 0.25) is 0 Å². The number of nitrogens with zero attached hydrogens (tertiary/aromatic N) is 3. The molecule has 0 fully saturated rings. The third kappa shape index (κ3) is 5.12. The summed E-state index contributed by atoms with van der Waals surface area (Å²) in [6.07, 6.45) is -0.578. The van der Waals surface area contributed by atoms with Crippen molar-refractivity contribution in [3.63, 3.8) is 0 Å². The van der Waals surface area contributed by atoms with Crippen molar-refractivity contribution in [2.45, 2.75) is 20.0 Å². The minimum Gasteiger partial charge on any atom is -0.466 e. The topological polar surface area (TPSA) is 99.9 Å². The molecule has 2 heterocycles. The van der Waals surface area contributed by atoms with Crippen LogP contribution in [0.5, 0.6) is 17.5 Å². The molecule has 1 aliphatic rings. The van der Waals surface area contributed by atoms with E-state index in [0.717, 1.165) is 16.9 Å². The van der Waals surface area contributed by atoms with Gasteiger partial charge in [0.05, 0.1) is 25.5 Å². The minimum atomic E-state index is -0.578. The highest BCUT2D eigenvalue weighted by Gasteiger charge is 2.19. The lowest BCUT2D eigenvalue weighted by molar-refractivity contribution is 0.0318. The van der Waals surface area contributed by atoms with Crippen LogP contribution >= 0.6 is 0 Å². The fourth-order valence-electron chi connectivity index (χ4n) is 3.24. The van der Waals surface area contributed by atoms with Gasteiger partial charge in [-0.05, 0) is 48.4 Å². The zero-order chi connectivity index (χ0) is 22.5. The van der Waals surface area contributed by atoms with Crippen molar-refractivity contribution in [3.8, 4) is 34.6 Å². The summed E-state index contributed by atoms with van der Waals surface area (Å²) in [5.74, 6) is 2.45. The molecule has 1 atom stereocenters. The fourth-order valence-corrected chi connectivity index (χ4v) is 3.24. The summed E-state index contributed by atoms with van der Waals surface area (Å²) in [6.45, 7) is 5.71. The van der Waals surface area contributed by atoms with Gasteiger partial charge in [-0.2, -0.15) is 4.98 Å². The van der Waals surface area contributed by atoms with Crippen LogP contribution in [-0.4, -0.2) is 59.6 Å². The first kappa shape index (κ1) is 21.9. The van der Waals surface area contributed by atoms with Gasteiger partial charge in [-0.3, -0.25) is 0 Å². The Balaban J connectivity index is 1.46. The number of aliphatic hydroxyl groups is 1. The van der Waals surface area contributed by atoms with Crippen LogP contribution in [0.3, 0.4) is 0 Å². The molecule has 0 radical (unpaired) electrons. The van der Waals surface area contributed by atoms with Crippen molar-refractivity contribution in [2.75, 3.05) is 39.0 Å². The van der Waals surface area contributed by atoms with Gasteiger partial charge in [0.15, 0.2) is 17.3 Å². The maximum Gasteiger partial charge on any atom is 0.336 e. The van der Waals surface area contributed by atoms with Crippen LogP contribution in [0.25, 0.3) is 17.1 Å². The molecule has 0 bridgehead atoms. The lowest BCUT2D eigenvalue weighted by Gasteiger charge is -2.14. The molecular formula is C23H28N4O5. The summed E-state index contributed by atoms with van der Waals surface area (Å²) in [7, 11) is 1.53. The molecule has 3 aromatic rings. The zero-order valence-corrected chi connectivity index (χ0v) is 18.4. The Bertz CT molecular complexity index is 1040. The predicted molar refractivity (Wildman–Crippen MR) is 120 cm³/mol. The molecule has 0 amide bonds. The maximum atomic E-state index is 10.1. The molecule has 2 N–H and O–H groups in total. The van der Waals surface area contributed by atoms with E-state index in [4.69, 9.17) is 18.9 Å². The summed E-state index contributed by atoms with van der Waals surface area (Å²) in [4.78, 5) is 4.49. The number of hydrogen-bond donors (Lipinski definition) is 2. The summed E-state index contributed by atoms with van der Waals surface area (Å²) in [5, 5.41) is 17.7. The summed E-state index contributed by atoms with van der Waals surface area (Å²) in [6, 6.07) is 13.6. The zero-order valence-electron chi connectivity index (χ0n) is 18.4. The van der Waals surface area contributed by atoms with Gasteiger partial charge in [-0.25, -0.2) is 4.68 Å². The van der Waals surface area contributed by atoms with E-state index < -0.39 is 6.10 Å². The predicted octanol–water partition coefficient (Wildman–Crippen LogP) is 3.12. The molecule has 1 unspecified atom stereocenters. The SMILES string of the molecule is COc1nc(-c2ccc3c(c2)OCO3)n(-c2ccc(NCC(O)COCC(C)C)cc2)n1. The van der Waals surface area contributed by atoms with Gasteiger partial charge in [0.25, 0.3) is 0 Å². The molecule has 32 heavy (non-hydrogen) atoms. The molecule has 0 saturated heterocycles. The smallest absolute Gasteiger partial charge is 0.336 e. The molecule has 0 spiro atoms. The van der Waals surface area contributed by atoms with Crippen molar-refractivity contribution < 1.29 is 24.1 Å². The first-order chi connectivity index (χ1) is 15.5. The van der Waals surface area contributed by atoms with E-state index in [1.54, 1.807) is 4.68 Å². The molecule has 0 saturated carbocycles. The number of ether oxygens (including phenoxy) is 4. The Kier molecular flexibility index (Phi) is 6.77. The van der Waals surface area contributed by atoms with Gasteiger partial charge in [0, 0.05) is 24.4 Å². The van der Waals surface area contributed by atoms with Crippen LogP contribution in [-0.2, 0) is 4.74 Å². The van der Waals surface area contributed by atoms with Crippen molar-refractivity contribution >= 4 is 5.69 Å². The Morgan fingerprint density at radius 1 is 1.09 bits per heavy atom. The van der Waals surface area contributed by atoms with E-state index >= 15 is 0 Å². The molecule has 1 aliphatic heterocycles. The van der Waals surface area contributed by atoms with Crippen molar-refractivity contribution in [3.05, 3.63) is 42.5 Å². The van der Waals surface area contributed by atoms with Crippen molar-refractivity contribution in [2.24, 2.45) is 5.92 Å². The van der Waals surface area contributed by atoms with Crippen LogP contribution in [0.4, 0.5) is 5.69 Å². The Hall–Kier alpha value is -3.30. The van der Waals surface area contributed by atoms with E-state index in [2.05, 4.69) is 29.2 Å². The average molecular weight is 441 g/mol. The average Bonchev–Trinajstić information content (AvgIpc) is 3.44. The number of nitrogens with one attached hydrogen (secondary N) is 1. The van der Waals surface area contributed by atoms with Gasteiger partial charge < -0.3 is 29.4 Å². The molecule has 9 nitrogen and oxygen atoms in total. The van der Waals surface area contributed by atoms with Gasteiger partial charge in [0.1, 0.15) is 0 Å². The van der Waals surface area contributed by atoms with Crippen LogP contribution in [0, 0.1) is 5.92 Å². The lowest BCUT2D eigenvalue weighted by Crippen LogP contribution is -2.25. The van der Waals surface area contributed by atoms with Crippen molar-refractivity contribution in [1.82, 2.24) is 14.8 Å². The second-order valence-corrected chi connectivity index (χ2v) is 7.91. The second kappa shape index (κ2) is 9.88. The molecule has 1 aromatic heterocycles. The molecule has 9 heteroatoms. The Morgan fingerprint density at radius 2 is 1.88 bits per heavy atom. The minimum absolute atomic E-state index is 0.210. The molecular weight excluding hydrogens is 412 g/mol. The molecule has 170 valence electrons. The number of rotatable bonds is 10. The van der Waals surface area contributed by atoms with Crippen LogP contribution in [0.1, 0.15) is 13.8 Å². The highest BCUT2D eigenvalue weighted by Crippen LogP contribution is 2.36. The quantitative estimate of drug-likeness (QED) is 0.496. The number of fused-ring (bicyclic) bond motifs is 1. The number of benzene rings is 2. The van der Waals surface area contributed by atoms with Gasteiger partial charge in [-0.1, -0.05) is 13.8 Å². The number of aromatic nitrogens is 3. The van der Waals surface area contributed by atoms with Gasteiger partial charge in [-0.15, -0.1) is 5.10 Å². The third-order valence-electron chi connectivity index (χ3n) is 4.82. The second-order valence-electron chi connectivity index (χ2n) is 7.91. The van der Waals surface area contributed by atoms with E-state index in [0.29, 0.717) is 43.0 Å². The normalized spacial score (nSPS) is 13.4. The number of methoxy groups -OCH3 is 1. The summed E-state index contributed by atoms with van der Waals surface area (Å²) in [5.41, 5.74) is 2.53. The van der Waals surface area contributed by atoms with E-state index in [1.807, 2.05) is 42.5 Å². The van der Waals surface area contributed by atoms with E-state index in [-0.39, 0.29) is 12.8 Å². The number of aliphatic hydroxyl groups excluding tert-OH is 1. The first-order valence-electron chi connectivity index (χ1n) is 10.5. The first-order valence-corrected chi connectivity index (χ1v) is 10.5. The number of anilines is 1. The van der Waals surface area contributed by atoms with Gasteiger partial charge in [0.2, 0.25) is 6.79 Å². The number of hydrogen-bond acceptors (Lipinski definition) is 8. The maximum absolute atomic E-state index is 10.1. The molecule has 4 rings (SSSR count). The largest absolute Gasteiger partial charge is 0.466 e. The van der Waals surface area contributed by atoms with E-state index in [1.165, 1.54) is 7.11 Å². The fraction of sp³-hybridized carbons (Fsp3) is 0.391. The molecule has 0 aliphatic carbocycles. The third-order valence-corrected chi connectivity index (χ3v) is 4.82. The highest BCUT2D eigenvalue weighted by molar-refractivity contribution is 5.64. The Morgan fingerprint density at radius 3 is 2.62 bits per heavy atom. The lowest BCUT2D eigenvalue weighted by atomic mass is 10.2. The van der Waals surface area contributed by atoms with Crippen molar-refractivity contribution in [1.29, 1.82) is 0 Å².